The van der Waals surface area contributed by atoms with Crippen molar-refractivity contribution in [2.75, 3.05) is 32.2 Å². The molecule has 23 heavy (non-hydrogen) atoms. The van der Waals surface area contributed by atoms with Crippen LogP contribution in [-0.4, -0.2) is 44.2 Å². The molecule has 0 N–H and O–H groups in total. The minimum atomic E-state index is -0.632. The highest BCUT2D eigenvalue weighted by atomic mass is 16.5. The topological polar surface area (TPSA) is 68.7 Å². The highest BCUT2D eigenvalue weighted by molar-refractivity contribution is 6.12. The maximum absolute atomic E-state index is 12.4. The molecule has 2 rings (SSSR count). The number of anilines is 1. The molecule has 0 aliphatic rings. The smallest absolute Gasteiger partial charge is 0.357 e. The maximum atomic E-state index is 12.4. The van der Waals surface area contributed by atoms with Crippen molar-refractivity contribution in [2.24, 2.45) is 0 Å². The van der Waals surface area contributed by atoms with Gasteiger partial charge < -0.3 is 14.4 Å². The van der Waals surface area contributed by atoms with E-state index in [1.165, 1.54) is 0 Å². The molecule has 6 nitrogen and oxygen atoms in total. The molecule has 122 valence electrons. The van der Waals surface area contributed by atoms with E-state index >= 15 is 0 Å². The molecule has 2 aromatic rings. The minimum absolute atomic E-state index is 0.0197. The molecule has 1 aromatic heterocycles. The summed E-state index contributed by atoms with van der Waals surface area (Å²) < 4.78 is 10.1. The van der Waals surface area contributed by atoms with Crippen molar-refractivity contribution in [3.63, 3.8) is 0 Å². The molecule has 0 fully saturated rings. The summed E-state index contributed by atoms with van der Waals surface area (Å²) in [5.41, 5.74) is 1.03. The monoisotopic (exact) mass is 316 g/mol. The van der Waals surface area contributed by atoms with Gasteiger partial charge in [-0.25, -0.2) is 14.6 Å². The van der Waals surface area contributed by atoms with Gasteiger partial charge in [0.05, 0.1) is 13.2 Å². The first kappa shape index (κ1) is 16.7. The fourth-order valence-corrected chi connectivity index (χ4v) is 2.24. The van der Waals surface area contributed by atoms with E-state index in [9.17, 15) is 9.59 Å². The van der Waals surface area contributed by atoms with Gasteiger partial charge in [-0.05, 0) is 26.0 Å². The lowest BCUT2D eigenvalue weighted by atomic mass is 10.0. The van der Waals surface area contributed by atoms with E-state index in [4.69, 9.17) is 9.47 Å². The molecule has 6 heteroatoms. The van der Waals surface area contributed by atoms with Crippen LogP contribution in [0.15, 0.2) is 24.4 Å². The summed E-state index contributed by atoms with van der Waals surface area (Å²) in [5.74, 6) is -1.21. The SMILES string of the molecule is CCOC(=O)c1ncc2ccc(N(C)C)cc2c1C(=O)OCC. The standard InChI is InChI=1S/C17H20N2O4/c1-5-22-16(20)14-13-9-12(19(3)4)8-7-11(13)10-18-15(14)17(21)23-6-2/h7-10H,5-6H2,1-4H3. The van der Waals surface area contributed by atoms with E-state index in [0.29, 0.717) is 5.39 Å². The summed E-state index contributed by atoms with van der Waals surface area (Å²) in [6.45, 7) is 3.84. The number of pyridine rings is 1. The highest BCUT2D eigenvalue weighted by Crippen LogP contribution is 2.26. The number of nitrogens with zero attached hydrogens (tertiary/aromatic N) is 2. The quantitative estimate of drug-likeness (QED) is 0.790. The fraction of sp³-hybridized carbons (Fsp3) is 0.353. The highest BCUT2D eigenvalue weighted by Gasteiger charge is 2.24. The average molecular weight is 316 g/mol. The van der Waals surface area contributed by atoms with Crippen LogP contribution in [0.25, 0.3) is 10.8 Å². The van der Waals surface area contributed by atoms with Gasteiger partial charge in [0.1, 0.15) is 5.56 Å². The second-order valence-corrected chi connectivity index (χ2v) is 5.09. The van der Waals surface area contributed by atoms with E-state index in [1.807, 2.05) is 37.2 Å². The Kier molecular flexibility index (Phi) is 5.16. The van der Waals surface area contributed by atoms with Crippen LogP contribution in [0, 0.1) is 0 Å². The number of esters is 2. The first-order chi connectivity index (χ1) is 11.0. The van der Waals surface area contributed by atoms with Crippen LogP contribution in [0.4, 0.5) is 5.69 Å². The molecule has 0 aliphatic heterocycles. The number of hydrogen-bond acceptors (Lipinski definition) is 6. The molecular weight excluding hydrogens is 296 g/mol. The number of rotatable bonds is 5. The van der Waals surface area contributed by atoms with Crippen molar-refractivity contribution >= 4 is 28.4 Å². The van der Waals surface area contributed by atoms with Crippen molar-refractivity contribution in [1.29, 1.82) is 0 Å². The molecule has 0 atom stereocenters. The molecule has 0 saturated carbocycles. The second kappa shape index (κ2) is 7.09. The molecule has 1 aromatic carbocycles. The van der Waals surface area contributed by atoms with Crippen LogP contribution in [0.5, 0.6) is 0 Å². The van der Waals surface area contributed by atoms with Gasteiger partial charge in [0.25, 0.3) is 0 Å². The maximum Gasteiger partial charge on any atom is 0.357 e. The molecule has 0 unspecified atom stereocenters. The lowest BCUT2D eigenvalue weighted by molar-refractivity contribution is 0.0475. The number of ether oxygens (including phenoxy) is 2. The molecule has 0 aliphatic carbocycles. The Balaban J connectivity index is 2.72. The van der Waals surface area contributed by atoms with Crippen LogP contribution in [0.1, 0.15) is 34.7 Å². The first-order valence-corrected chi connectivity index (χ1v) is 7.43. The van der Waals surface area contributed by atoms with E-state index in [1.54, 1.807) is 20.0 Å². The largest absolute Gasteiger partial charge is 0.462 e. The van der Waals surface area contributed by atoms with Gasteiger partial charge in [-0.1, -0.05) is 6.07 Å². The van der Waals surface area contributed by atoms with Gasteiger partial charge in [0.2, 0.25) is 0 Å². The number of carbonyl (C=O) groups is 2. The first-order valence-electron chi connectivity index (χ1n) is 7.43. The third kappa shape index (κ3) is 3.41. The van der Waals surface area contributed by atoms with Crippen LogP contribution < -0.4 is 4.90 Å². The number of aromatic nitrogens is 1. The van der Waals surface area contributed by atoms with E-state index in [0.717, 1.165) is 11.1 Å². The van der Waals surface area contributed by atoms with Crippen molar-refractivity contribution in [1.82, 2.24) is 4.98 Å². The molecular formula is C17H20N2O4. The molecule has 1 heterocycles. The average Bonchev–Trinajstić information content (AvgIpc) is 2.53. The predicted molar refractivity (Wildman–Crippen MR) is 88.0 cm³/mol. The number of fused-ring (bicyclic) bond motifs is 1. The zero-order chi connectivity index (χ0) is 17.0. The van der Waals surface area contributed by atoms with Gasteiger partial charge in [-0.2, -0.15) is 0 Å². The predicted octanol–water partition coefficient (Wildman–Crippen LogP) is 2.65. The van der Waals surface area contributed by atoms with Crippen LogP contribution >= 0.6 is 0 Å². The summed E-state index contributed by atoms with van der Waals surface area (Å²) in [6.07, 6.45) is 1.56. The Labute approximate surface area is 135 Å². The molecule has 0 spiro atoms. The van der Waals surface area contributed by atoms with Crippen molar-refractivity contribution in [3.8, 4) is 0 Å². The summed E-state index contributed by atoms with van der Waals surface area (Å²) in [4.78, 5) is 30.5. The molecule has 0 bridgehead atoms. The summed E-state index contributed by atoms with van der Waals surface area (Å²) in [7, 11) is 3.80. The van der Waals surface area contributed by atoms with Gasteiger partial charge in [0, 0.05) is 36.8 Å². The minimum Gasteiger partial charge on any atom is -0.462 e. The Morgan fingerprint density at radius 2 is 1.74 bits per heavy atom. The Morgan fingerprint density at radius 1 is 1.09 bits per heavy atom. The number of benzene rings is 1. The van der Waals surface area contributed by atoms with Crippen LogP contribution in [0.3, 0.4) is 0 Å². The lowest BCUT2D eigenvalue weighted by Crippen LogP contribution is -2.17. The normalized spacial score (nSPS) is 10.4. The van der Waals surface area contributed by atoms with Gasteiger partial charge in [-0.3, -0.25) is 0 Å². The van der Waals surface area contributed by atoms with Crippen LogP contribution in [-0.2, 0) is 9.47 Å². The van der Waals surface area contributed by atoms with Crippen molar-refractivity contribution in [3.05, 3.63) is 35.7 Å². The number of hydrogen-bond donors (Lipinski definition) is 0. The van der Waals surface area contributed by atoms with Crippen LogP contribution in [0.2, 0.25) is 0 Å². The van der Waals surface area contributed by atoms with E-state index in [2.05, 4.69) is 4.98 Å². The summed E-state index contributed by atoms with van der Waals surface area (Å²) in [6, 6.07) is 5.62. The molecule has 0 radical (unpaired) electrons. The third-order valence-corrected chi connectivity index (χ3v) is 3.34. The fourth-order valence-electron chi connectivity index (χ4n) is 2.24. The zero-order valence-corrected chi connectivity index (χ0v) is 13.8. The molecule has 0 amide bonds. The summed E-state index contributed by atoms with van der Waals surface area (Å²) in [5, 5.41) is 1.37. The molecule has 0 saturated heterocycles. The van der Waals surface area contributed by atoms with Crippen molar-refractivity contribution in [2.45, 2.75) is 13.8 Å². The second-order valence-electron chi connectivity index (χ2n) is 5.09. The van der Waals surface area contributed by atoms with E-state index < -0.39 is 11.9 Å². The Morgan fingerprint density at radius 3 is 2.35 bits per heavy atom. The lowest BCUT2D eigenvalue weighted by Gasteiger charge is -2.15. The summed E-state index contributed by atoms with van der Waals surface area (Å²) >= 11 is 0. The zero-order valence-electron chi connectivity index (χ0n) is 13.8. The van der Waals surface area contributed by atoms with Gasteiger partial charge >= 0.3 is 11.9 Å². The Bertz CT molecular complexity index is 741. The van der Waals surface area contributed by atoms with Gasteiger partial charge in [0.15, 0.2) is 5.69 Å². The van der Waals surface area contributed by atoms with Gasteiger partial charge in [-0.15, -0.1) is 0 Å². The Hall–Kier alpha value is -2.63. The van der Waals surface area contributed by atoms with Crippen molar-refractivity contribution < 1.29 is 19.1 Å². The van der Waals surface area contributed by atoms with E-state index in [-0.39, 0.29) is 24.5 Å². The number of carbonyl (C=O) groups excluding carboxylic acids is 2. The third-order valence-electron chi connectivity index (χ3n) is 3.34.